The van der Waals surface area contributed by atoms with Crippen LogP contribution in [0.5, 0.6) is 0 Å². The van der Waals surface area contributed by atoms with E-state index in [1.54, 1.807) is 30.3 Å². The number of aromatic nitrogens is 5. The van der Waals surface area contributed by atoms with E-state index in [4.69, 9.17) is 23.2 Å². The standard InChI is InChI=1S/C23H14Cl2FN7O.C2H6/c24-14-1-2-19-16(6-14)21(31-30-19)9-29-23(34)17-11-33(32-20(17)7-27)10-12-3-13-5-15(25)8-28-22(13)18(26)4-12;1-2/h1-6,8,11H,9-10H2,(H,29,34)(H,30,31);1-2H3. The van der Waals surface area contributed by atoms with Gasteiger partial charge in [-0.2, -0.15) is 15.5 Å². The van der Waals surface area contributed by atoms with Crippen molar-refractivity contribution in [1.29, 1.82) is 5.26 Å². The van der Waals surface area contributed by atoms with Crippen molar-refractivity contribution in [1.82, 2.24) is 30.3 Å². The second-order valence-corrected chi connectivity index (χ2v) is 8.42. The average Bonchev–Trinajstić information content (AvgIpc) is 3.47. The number of carbonyl (C=O) groups excluding carboxylic acids is 1. The number of nitrogens with zero attached hydrogens (tertiary/aromatic N) is 5. The number of halogens is 3. The van der Waals surface area contributed by atoms with E-state index in [0.29, 0.717) is 26.7 Å². The molecule has 0 saturated carbocycles. The number of aromatic amines is 1. The molecule has 2 aromatic carbocycles. The van der Waals surface area contributed by atoms with Crippen LogP contribution in [0.15, 0.2) is 48.8 Å². The molecule has 0 bridgehead atoms. The minimum atomic E-state index is -0.498. The molecule has 0 spiro atoms. The summed E-state index contributed by atoms with van der Waals surface area (Å²) in [5.41, 5.74) is 2.25. The fraction of sp³-hybridized carbons (Fsp3) is 0.160. The molecule has 3 aromatic heterocycles. The first-order valence-corrected chi connectivity index (χ1v) is 11.8. The lowest BCUT2D eigenvalue weighted by Gasteiger charge is -2.06. The Bertz CT molecular complexity index is 1620. The zero-order chi connectivity index (χ0) is 25.8. The van der Waals surface area contributed by atoms with E-state index in [1.807, 2.05) is 19.9 Å². The topological polar surface area (TPSA) is 112 Å². The molecule has 0 aliphatic carbocycles. The lowest BCUT2D eigenvalue weighted by atomic mass is 10.1. The third-order valence-electron chi connectivity index (χ3n) is 5.24. The van der Waals surface area contributed by atoms with Gasteiger partial charge in [0.25, 0.3) is 5.91 Å². The molecule has 0 fully saturated rings. The van der Waals surface area contributed by atoms with E-state index in [2.05, 4.69) is 25.6 Å². The highest BCUT2D eigenvalue weighted by Crippen LogP contribution is 2.23. The van der Waals surface area contributed by atoms with Gasteiger partial charge >= 0.3 is 0 Å². The Labute approximate surface area is 215 Å². The average molecular weight is 524 g/mol. The normalized spacial score (nSPS) is 10.7. The zero-order valence-corrected chi connectivity index (χ0v) is 20.8. The van der Waals surface area contributed by atoms with Crippen LogP contribution in [0.2, 0.25) is 10.0 Å². The van der Waals surface area contributed by atoms with Crippen LogP contribution in [-0.4, -0.2) is 30.9 Å². The van der Waals surface area contributed by atoms with E-state index in [-0.39, 0.29) is 29.9 Å². The van der Waals surface area contributed by atoms with Crippen molar-refractivity contribution in [2.24, 2.45) is 0 Å². The van der Waals surface area contributed by atoms with Gasteiger partial charge in [-0.1, -0.05) is 37.0 Å². The Hall–Kier alpha value is -4.00. The monoisotopic (exact) mass is 523 g/mol. The highest BCUT2D eigenvalue weighted by atomic mass is 35.5. The van der Waals surface area contributed by atoms with Crippen LogP contribution < -0.4 is 5.32 Å². The fourth-order valence-electron chi connectivity index (χ4n) is 3.70. The van der Waals surface area contributed by atoms with Crippen molar-refractivity contribution in [3.8, 4) is 6.07 Å². The van der Waals surface area contributed by atoms with E-state index < -0.39 is 11.7 Å². The Morgan fingerprint density at radius 1 is 1.19 bits per heavy atom. The zero-order valence-electron chi connectivity index (χ0n) is 19.3. The SMILES string of the molecule is CC.N#Cc1nn(Cc2cc(F)c3ncc(Cl)cc3c2)cc1C(=O)NCc1[nH]nc2ccc(Cl)cc12. The van der Waals surface area contributed by atoms with E-state index in [0.717, 1.165) is 10.9 Å². The second kappa shape index (κ2) is 10.7. The fourth-order valence-corrected chi connectivity index (χ4v) is 4.04. The molecular formula is C25H20Cl2FN7O. The highest BCUT2D eigenvalue weighted by molar-refractivity contribution is 6.31. The molecule has 0 aliphatic rings. The van der Waals surface area contributed by atoms with Crippen LogP contribution in [0, 0.1) is 17.1 Å². The smallest absolute Gasteiger partial charge is 0.256 e. The number of H-pyrrole nitrogens is 1. The van der Waals surface area contributed by atoms with E-state index in [1.165, 1.54) is 23.1 Å². The highest BCUT2D eigenvalue weighted by Gasteiger charge is 2.18. The van der Waals surface area contributed by atoms with Crippen molar-refractivity contribution in [2.45, 2.75) is 26.9 Å². The minimum absolute atomic E-state index is 0.0408. The third kappa shape index (κ3) is 5.15. The molecule has 0 saturated heterocycles. The van der Waals surface area contributed by atoms with Crippen molar-refractivity contribution in [3.05, 3.63) is 87.2 Å². The van der Waals surface area contributed by atoms with E-state index >= 15 is 0 Å². The van der Waals surface area contributed by atoms with Crippen LogP contribution in [0.25, 0.3) is 21.8 Å². The molecule has 5 aromatic rings. The summed E-state index contributed by atoms with van der Waals surface area (Å²) in [7, 11) is 0. The molecular weight excluding hydrogens is 504 g/mol. The molecule has 0 atom stereocenters. The molecule has 0 aliphatic heterocycles. The van der Waals surface area contributed by atoms with Crippen molar-refractivity contribution < 1.29 is 9.18 Å². The van der Waals surface area contributed by atoms with Gasteiger partial charge in [-0.3, -0.25) is 19.6 Å². The lowest BCUT2D eigenvalue weighted by molar-refractivity contribution is 0.0950. The molecule has 5 rings (SSSR count). The number of rotatable bonds is 5. The van der Waals surface area contributed by atoms with Crippen molar-refractivity contribution in [2.75, 3.05) is 0 Å². The lowest BCUT2D eigenvalue weighted by Crippen LogP contribution is -2.23. The number of amides is 1. The maximum absolute atomic E-state index is 14.5. The van der Waals surface area contributed by atoms with Gasteiger partial charge in [-0.15, -0.1) is 0 Å². The Morgan fingerprint density at radius 3 is 2.78 bits per heavy atom. The molecule has 36 heavy (non-hydrogen) atoms. The predicted octanol–water partition coefficient (Wildman–Crippen LogP) is 5.63. The van der Waals surface area contributed by atoms with Crippen LogP contribution in [0.1, 0.15) is 41.2 Å². The molecule has 182 valence electrons. The largest absolute Gasteiger partial charge is 0.346 e. The third-order valence-corrected chi connectivity index (χ3v) is 5.68. The molecule has 1 amide bonds. The summed E-state index contributed by atoms with van der Waals surface area (Å²) >= 11 is 12.0. The van der Waals surface area contributed by atoms with Gasteiger partial charge in [-0.25, -0.2) is 4.39 Å². The predicted molar refractivity (Wildman–Crippen MR) is 136 cm³/mol. The molecule has 11 heteroatoms. The van der Waals surface area contributed by atoms with Crippen LogP contribution in [0.4, 0.5) is 4.39 Å². The number of nitriles is 1. The van der Waals surface area contributed by atoms with Gasteiger partial charge in [0.15, 0.2) is 5.69 Å². The number of carbonyl (C=O) groups is 1. The quantitative estimate of drug-likeness (QED) is 0.310. The van der Waals surface area contributed by atoms with Gasteiger partial charge in [0.2, 0.25) is 0 Å². The van der Waals surface area contributed by atoms with Crippen LogP contribution in [0.3, 0.4) is 0 Å². The van der Waals surface area contributed by atoms with Crippen LogP contribution in [-0.2, 0) is 13.1 Å². The molecule has 0 unspecified atom stereocenters. The number of hydrogen-bond donors (Lipinski definition) is 2. The summed E-state index contributed by atoms with van der Waals surface area (Å²) < 4.78 is 15.9. The van der Waals surface area contributed by atoms with Gasteiger partial charge in [-0.05, 0) is 42.0 Å². The van der Waals surface area contributed by atoms with Crippen molar-refractivity contribution in [3.63, 3.8) is 0 Å². The number of benzene rings is 2. The summed E-state index contributed by atoms with van der Waals surface area (Å²) in [6.45, 7) is 4.29. The van der Waals surface area contributed by atoms with Crippen molar-refractivity contribution >= 4 is 50.9 Å². The summed E-state index contributed by atoms with van der Waals surface area (Å²) in [4.78, 5) is 16.8. The summed E-state index contributed by atoms with van der Waals surface area (Å²) in [5, 5.41) is 25.7. The summed E-state index contributed by atoms with van der Waals surface area (Å²) in [6.07, 6.45) is 2.83. The molecule has 3 heterocycles. The summed E-state index contributed by atoms with van der Waals surface area (Å²) in [6, 6.07) is 11.9. The molecule has 0 radical (unpaired) electrons. The Kier molecular flexibility index (Phi) is 7.48. The van der Waals surface area contributed by atoms with Gasteiger partial charge in [0, 0.05) is 28.2 Å². The van der Waals surface area contributed by atoms with Gasteiger partial charge in [0.1, 0.15) is 17.4 Å². The second-order valence-electron chi connectivity index (χ2n) is 7.55. The number of nitrogens with one attached hydrogen (secondary N) is 2. The molecule has 8 nitrogen and oxygen atoms in total. The maximum atomic E-state index is 14.5. The number of hydrogen-bond acceptors (Lipinski definition) is 5. The van der Waals surface area contributed by atoms with Crippen LogP contribution >= 0.6 is 23.2 Å². The number of pyridine rings is 1. The minimum Gasteiger partial charge on any atom is -0.346 e. The Morgan fingerprint density at radius 2 is 2.00 bits per heavy atom. The first-order chi connectivity index (χ1) is 17.4. The van der Waals surface area contributed by atoms with Gasteiger partial charge in [0.05, 0.1) is 34.9 Å². The summed E-state index contributed by atoms with van der Waals surface area (Å²) in [5.74, 6) is -0.977. The molecule has 2 N–H and O–H groups in total. The Balaban J connectivity index is 0.00000148. The van der Waals surface area contributed by atoms with E-state index in [9.17, 15) is 14.4 Å². The van der Waals surface area contributed by atoms with Gasteiger partial charge < -0.3 is 5.32 Å². The first-order valence-electron chi connectivity index (χ1n) is 11.0. The maximum Gasteiger partial charge on any atom is 0.256 e. The number of fused-ring (bicyclic) bond motifs is 2. The first kappa shape index (κ1) is 25.1.